The SMILES string of the molecule is CCCCC/C=C\C/C=C\CCCCCCCCCCCC(=O)OCCCCCCCCCCC/C=C\CCCCCCCCCC(=O)NC(CO)C(O)CCCCCCCCCCCCCCCCCCCCC. The minimum Gasteiger partial charge on any atom is -0.466 e. The number of allylic oxidation sites excluding steroid dienone is 6. The van der Waals surface area contributed by atoms with Crippen molar-refractivity contribution in [1.82, 2.24) is 5.32 Å². The fraction of sp³-hybridized carbons (Fsp3) is 0.884. The van der Waals surface area contributed by atoms with E-state index in [1.54, 1.807) is 0 Å². The molecule has 0 aliphatic rings. The van der Waals surface area contributed by atoms with E-state index in [0.29, 0.717) is 25.9 Å². The van der Waals surface area contributed by atoms with Gasteiger partial charge in [0.1, 0.15) is 0 Å². The Morgan fingerprint density at radius 3 is 1.05 bits per heavy atom. The quantitative estimate of drug-likeness (QED) is 0.0320. The molecule has 3 N–H and O–H groups in total. The molecule has 0 radical (unpaired) electrons. The summed E-state index contributed by atoms with van der Waals surface area (Å²) in [4.78, 5) is 24.6. The molecule has 442 valence electrons. The minimum atomic E-state index is -0.671. The van der Waals surface area contributed by atoms with Gasteiger partial charge in [-0.05, 0) is 83.5 Å². The van der Waals surface area contributed by atoms with Crippen LogP contribution in [0, 0.1) is 0 Å². The van der Waals surface area contributed by atoms with Crippen LogP contribution in [0.15, 0.2) is 36.5 Å². The number of hydrogen-bond acceptors (Lipinski definition) is 5. The first-order chi connectivity index (χ1) is 37.0. The molecule has 0 saturated carbocycles. The Balaban J connectivity index is 3.42. The Bertz CT molecular complexity index is 1210. The fourth-order valence-corrected chi connectivity index (χ4v) is 10.5. The lowest BCUT2D eigenvalue weighted by atomic mass is 10.0. The van der Waals surface area contributed by atoms with Crippen molar-refractivity contribution < 1.29 is 24.5 Å². The van der Waals surface area contributed by atoms with Gasteiger partial charge in [0.2, 0.25) is 5.91 Å². The van der Waals surface area contributed by atoms with Crippen molar-refractivity contribution in [2.24, 2.45) is 0 Å². The monoisotopic (exact) mass is 1050 g/mol. The van der Waals surface area contributed by atoms with Crippen LogP contribution >= 0.6 is 0 Å². The molecular weight excluding hydrogens is 923 g/mol. The van der Waals surface area contributed by atoms with Gasteiger partial charge in [-0.2, -0.15) is 0 Å². The van der Waals surface area contributed by atoms with Crippen LogP contribution in [-0.4, -0.2) is 47.4 Å². The van der Waals surface area contributed by atoms with Gasteiger partial charge < -0.3 is 20.3 Å². The third kappa shape index (κ3) is 61.2. The van der Waals surface area contributed by atoms with Crippen LogP contribution in [0.3, 0.4) is 0 Å². The molecule has 0 saturated heterocycles. The summed E-state index contributed by atoms with van der Waals surface area (Å²) in [5.74, 6) is -0.0377. The summed E-state index contributed by atoms with van der Waals surface area (Å²) in [7, 11) is 0. The van der Waals surface area contributed by atoms with Crippen LogP contribution in [0.5, 0.6) is 0 Å². The lowest BCUT2D eigenvalue weighted by Gasteiger charge is -2.22. The van der Waals surface area contributed by atoms with E-state index in [-0.39, 0.29) is 18.5 Å². The normalized spacial score (nSPS) is 12.7. The van der Waals surface area contributed by atoms with Crippen molar-refractivity contribution >= 4 is 11.9 Å². The average Bonchev–Trinajstić information content (AvgIpc) is 3.41. The lowest BCUT2D eigenvalue weighted by Crippen LogP contribution is -2.45. The molecule has 0 spiro atoms. The van der Waals surface area contributed by atoms with Crippen LogP contribution in [-0.2, 0) is 14.3 Å². The molecule has 6 nitrogen and oxygen atoms in total. The summed E-state index contributed by atoms with van der Waals surface area (Å²) in [6.07, 6.45) is 81.6. The Kier molecular flexibility index (Phi) is 63.0. The number of rotatable bonds is 63. The third-order valence-electron chi connectivity index (χ3n) is 15.7. The van der Waals surface area contributed by atoms with Crippen LogP contribution in [0.4, 0.5) is 0 Å². The maximum absolute atomic E-state index is 12.5. The summed E-state index contributed by atoms with van der Waals surface area (Å²) in [6, 6.07) is -0.549. The molecule has 2 unspecified atom stereocenters. The highest BCUT2D eigenvalue weighted by Gasteiger charge is 2.20. The Hall–Kier alpha value is -1.92. The van der Waals surface area contributed by atoms with Crippen molar-refractivity contribution in [2.45, 2.75) is 379 Å². The Morgan fingerprint density at radius 2 is 0.667 bits per heavy atom. The first-order valence-corrected chi connectivity index (χ1v) is 33.7. The van der Waals surface area contributed by atoms with E-state index in [2.05, 4.69) is 55.6 Å². The second-order valence-corrected chi connectivity index (χ2v) is 23.1. The summed E-state index contributed by atoms with van der Waals surface area (Å²) in [6.45, 7) is 4.94. The highest BCUT2D eigenvalue weighted by Crippen LogP contribution is 2.18. The van der Waals surface area contributed by atoms with Crippen molar-refractivity contribution in [2.75, 3.05) is 13.2 Å². The third-order valence-corrected chi connectivity index (χ3v) is 15.7. The molecule has 0 aliphatic heterocycles. The summed E-state index contributed by atoms with van der Waals surface area (Å²) in [5, 5.41) is 23.4. The van der Waals surface area contributed by atoms with Gasteiger partial charge in [0.25, 0.3) is 0 Å². The molecule has 0 rings (SSSR count). The van der Waals surface area contributed by atoms with Gasteiger partial charge in [-0.1, -0.05) is 307 Å². The van der Waals surface area contributed by atoms with Crippen LogP contribution in [0.25, 0.3) is 0 Å². The molecule has 0 heterocycles. The van der Waals surface area contributed by atoms with Gasteiger partial charge in [-0.3, -0.25) is 9.59 Å². The number of unbranched alkanes of at least 4 members (excludes halogenated alkanes) is 46. The standard InChI is InChI=1S/C69H131NO5/c1-3-5-7-9-11-13-15-17-19-21-25-29-33-37-41-45-49-53-57-61-67(72)66(65-71)70-68(73)62-58-54-50-46-42-38-34-30-27-23-24-28-32-36-40-44-48-52-56-60-64-75-69(74)63-59-55-51-47-43-39-35-31-26-22-20-18-16-14-12-10-8-6-4-2/h12,14,18,20,23,27,66-67,71-72H,3-11,13,15-17,19,21-22,24-26,28-65H2,1-2H3,(H,70,73)/b14-12-,20-18-,27-23-. The van der Waals surface area contributed by atoms with Crippen molar-refractivity contribution in [3.05, 3.63) is 36.5 Å². The van der Waals surface area contributed by atoms with Gasteiger partial charge in [0.15, 0.2) is 0 Å². The second-order valence-electron chi connectivity index (χ2n) is 23.1. The second kappa shape index (κ2) is 64.6. The van der Waals surface area contributed by atoms with E-state index in [9.17, 15) is 19.8 Å². The summed E-state index contributed by atoms with van der Waals surface area (Å²) in [5.41, 5.74) is 0. The maximum atomic E-state index is 12.5. The zero-order valence-corrected chi connectivity index (χ0v) is 50.5. The smallest absolute Gasteiger partial charge is 0.305 e. The number of aliphatic hydroxyl groups is 2. The van der Waals surface area contributed by atoms with Crippen LogP contribution in [0.1, 0.15) is 367 Å². The summed E-state index contributed by atoms with van der Waals surface area (Å²) < 4.78 is 5.50. The lowest BCUT2D eigenvalue weighted by molar-refractivity contribution is -0.143. The van der Waals surface area contributed by atoms with Crippen molar-refractivity contribution in [3.8, 4) is 0 Å². The van der Waals surface area contributed by atoms with Crippen molar-refractivity contribution in [3.63, 3.8) is 0 Å². The Labute approximate surface area is 468 Å². The summed E-state index contributed by atoms with van der Waals surface area (Å²) >= 11 is 0. The molecule has 0 aromatic rings. The minimum absolute atomic E-state index is 0.00304. The van der Waals surface area contributed by atoms with Gasteiger partial charge in [-0.25, -0.2) is 0 Å². The van der Waals surface area contributed by atoms with Gasteiger partial charge in [-0.15, -0.1) is 0 Å². The number of aliphatic hydroxyl groups excluding tert-OH is 2. The number of carbonyl (C=O) groups is 2. The molecule has 0 aliphatic carbocycles. The predicted molar refractivity (Wildman–Crippen MR) is 329 cm³/mol. The molecule has 0 aromatic heterocycles. The predicted octanol–water partition coefficient (Wildman–Crippen LogP) is 21.5. The van der Waals surface area contributed by atoms with Gasteiger partial charge >= 0.3 is 5.97 Å². The van der Waals surface area contributed by atoms with Crippen molar-refractivity contribution in [1.29, 1.82) is 0 Å². The molecule has 6 heteroatoms. The number of amides is 1. The van der Waals surface area contributed by atoms with E-state index in [1.165, 1.54) is 283 Å². The highest BCUT2D eigenvalue weighted by atomic mass is 16.5. The highest BCUT2D eigenvalue weighted by molar-refractivity contribution is 5.76. The molecular formula is C69H131NO5. The van der Waals surface area contributed by atoms with Crippen LogP contribution < -0.4 is 5.32 Å². The van der Waals surface area contributed by atoms with E-state index < -0.39 is 12.1 Å². The number of esters is 1. The number of carbonyl (C=O) groups excluding carboxylic acids is 2. The topological polar surface area (TPSA) is 95.9 Å². The number of ether oxygens (including phenoxy) is 1. The number of hydrogen-bond donors (Lipinski definition) is 3. The molecule has 1 amide bonds. The van der Waals surface area contributed by atoms with Gasteiger partial charge in [0, 0.05) is 12.8 Å². The Morgan fingerprint density at radius 1 is 0.373 bits per heavy atom. The van der Waals surface area contributed by atoms with E-state index in [4.69, 9.17) is 4.74 Å². The van der Waals surface area contributed by atoms with E-state index in [0.717, 1.165) is 51.4 Å². The van der Waals surface area contributed by atoms with Crippen LogP contribution in [0.2, 0.25) is 0 Å². The molecule has 0 aromatic carbocycles. The van der Waals surface area contributed by atoms with E-state index >= 15 is 0 Å². The zero-order valence-electron chi connectivity index (χ0n) is 50.5. The largest absolute Gasteiger partial charge is 0.466 e. The van der Waals surface area contributed by atoms with Gasteiger partial charge in [0.05, 0.1) is 25.4 Å². The molecule has 0 bridgehead atoms. The number of nitrogens with one attached hydrogen (secondary N) is 1. The first-order valence-electron chi connectivity index (χ1n) is 33.7. The van der Waals surface area contributed by atoms with E-state index in [1.807, 2.05) is 0 Å². The fourth-order valence-electron chi connectivity index (χ4n) is 10.5. The first kappa shape index (κ1) is 73.1. The maximum Gasteiger partial charge on any atom is 0.305 e. The molecule has 75 heavy (non-hydrogen) atoms. The molecule has 2 atom stereocenters. The average molecular weight is 1050 g/mol. The molecule has 0 fully saturated rings. The zero-order chi connectivity index (χ0) is 54.3.